The molecule has 6 heteroatoms. The number of hydrogen-bond acceptors (Lipinski definition) is 5. The largest absolute Gasteiger partial charge is 0.457 e. The van der Waals surface area contributed by atoms with Crippen LogP contribution >= 0.6 is 0 Å². The first-order valence-corrected chi connectivity index (χ1v) is 5.81. The highest BCUT2D eigenvalue weighted by Crippen LogP contribution is 2.17. The van der Waals surface area contributed by atoms with Crippen LogP contribution in [0.25, 0.3) is 11.5 Å². The Morgan fingerprint density at radius 3 is 2.68 bits per heavy atom. The normalized spacial score (nSPS) is 10.7. The molecule has 0 atom stereocenters. The van der Waals surface area contributed by atoms with Gasteiger partial charge in [-0.3, -0.25) is 4.79 Å². The lowest BCUT2D eigenvalue weighted by atomic mass is 10.2. The van der Waals surface area contributed by atoms with E-state index in [-0.39, 0.29) is 36.0 Å². The van der Waals surface area contributed by atoms with Gasteiger partial charge in [0.25, 0.3) is 5.89 Å². The molecule has 0 aliphatic carbocycles. The number of carbonyl (C=O) groups excluding carboxylic acids is 1. The molecule has 0 aliphatic rings. The number of rotatable bonds is 4. The van der Waals surface area contributed by atoms with Crippen molar-refractivity contribution in [3.8, 4) is 11.5 Å². The number of aromatic nitrogens is 2. The van der Waals surface area contributed by atoms with E-state index in [1.807, 2.05) is 0 Å². The molecule has 0 amide bonds. The van der Waals surface area contributed by atoms with E-state index in [4.69, 9.17) is 9.26 Å². The molecular weight excluding hydrogens is 251 g/mol. The lowest BCUT2D eigenvalue weighted by Gasteiger charge is -2.03. The summed E-state index contributed by atoms with van der Waals surface area (Å²) in [5.74, 6) is -0.338. The van der Waals surface area contributed by atoms with E-state index < -0.39 is 0 Å². The first-order chi connectivity index (χ1) is 9.06. The van der Waals surface area contributed by atoms with Gasteiger partial charge in [-0.05, 0) is 24.3 Å². The number of halogens is 1. The molecule has 2 rings (SSSR count). The molecule has 19 heavy (non-hydrogen) atoms. The number of esters is 1. The first kappa shape index (κ1) is 13.2. The third kappa shape index (κ3) is 3.37. The third-order valence-electron chi connectivity index (χ3n) is 2.37. The standard InChI is InChI=1S/C13H13FN2O3/c1-8(2)13(17)18-7-11-15-12(19-16-11)9-3-5-10(14)6-4-9/h3-6,8H,7H2,1-2H3. The Labute approximate surface area is 109 Å². The van der Waals surface area contributed by atoms with E-state index in [0.717, 1.165) is 0 Å². The molecule has 0 radical (unpaired) electrons. The van der Waals surface area contributed by atoms with E-state index >= 15 is 0 Å². The van der Waals surface area contributed by atoms with Crippen LogP contribution in [0.15, 0.2) is 28.8 Å². The lowest BCUT2D eigenvalue weighted by molar-refractivity contribution is -0.148. The molecule has 0 spiro atoms. The molecular formula is C13H13FN2O3. The SMILES string of the molecule is CC(C)C(=O)OCc1noc(-c2ccc(F)cc2)n1. The van der Waals surface area contributed by atoms with Crippen LogP contribution in [0.5, 0.6) is 0 Å². The molecule has 0 unspecified atom stereocenters. The zero-order chi connectivity index (χ0) is 13.8. The molecule has 0 saturated heterocycles. The van der Waals surface area contributed by atoms with Gasteiger partial charge >= 0.3 is 5.97 Å². The second-order valence-corrected chi connectivity index (χ2v) is 4.29. The van der Waals surface area contributed by atoms with Crippen molar-refractivity contribution >= 4 is 5.97 Å². The molecule has 0 N–H and O–H groups in total. The summed E-state index contributed by atoms with van der Waals surface area (Å²) in [7, 11) is 0. The van der Waals surface area contributed by atoms with Crippen LogP contribution in [-0.4, -0.2) is 16.1 Å². The highest BCUT2D eigenvalue weighted by Gasteiger charge is 2.13. The predicted molar refractivity (Wildman–Crippen MR) is 64.3 cm³/mol. The third-order valence-corrected chi connectivity index (χ3v) is 2.37. The van der Waals surface area contributed by atoms with Crippen LogP contribution in [0.3, 0.4) is 0 Å². The summed E-state index contributed by atoms with van der Waals surface area (Å²) in [6.07, 6.45) is 0. The van der Waals surface area contributed by atoms with Crippen LogP contribution in [0, 0.1) is 11.7 Å². The van der Waals surface area contributed by atoms with Gasteiger partial charge in [-0.1, -0.05) is 19.0 Å². The van der Waals surface area contributed by atoms with Gasteiger partial charge in [0.05, 0.1) is 5.92 Å². The Balaban J connectivity index is 2.03. The molecule has 1 aromatic heterocycles. The fourth-order valence-electron chi connectivity index (χ4n) is 1.32. The van der Waals surface area contributed by atoms with Gasteiger partial charge < -0.3 is 9.26 Å². The van der Waals surface area contributed by atoms with E-state index in [1.165, 1.54) is 24.3 Å². The lowest BCUT2D eigenvalue weighted by Crippen LogP contribution is -2.11. The molecule has 0 aliphatic heterocycles. The van der Waals surface area contributed by atoms with Crippen LogP contribution in [-0.2, 0) is 16.1 Å². The van der Waals surface area contributed by atoms with Gasteiger partial charge in [-0.25, -0.2) is 4.39 Å². The molecule has 0 fully saturated rings. The topological polar surface area (TPSA) is 65.2 Å². The molecule has 1 aromatic carbocycles. The van der Waals surface area contributed by atoms with Gasteiger partial charge in [0.2, 0.25) is 5.82 Å². The zero-order valence-corrected chi connectivity index (χ0v) is 10.6. The van der Waals surface area contributed by atoms with Crippen molar-refractivity contribution < 1.29 is 18.4 Å². The second-order valence-electron chi connectivity index (χ2n) is 4.29. The van der Waals surface area contributed by atoms with Crippen LogP contribution < -0.4 is 0 Å². The number of hydrogen-bond donors (Lipinski definition) is 0. The monoisotopic (exact) mass is 264 g/mol. The van der Waals surface area contributed by atoms with Gasteiger partial charge in [-0.2, -0.15) is 4.98 Å². The molecule has 2 aromatic rings. The fraction of sp³-hybridized carbons (Fsp3) is 0.308. The maximum atomic E-state index is 12.8. The minimum atomic E-state index is -0.339. The van der Waals surface area contributed by atoms with Crippen molar-refractivity contribution in [1.82, 2.24) is 10.1 Å². The Bertz CT molecular complexity index is 564. The van der Waals surface area contributed by atoms with E-state index in [1.54, 1.807) is 13.8 Å². The summed E-state index contributed by atoms with van der Waals surface area (Å²) in [6.45, 7) is 3.44. The smallest absolute Gasteiger partial charge is 0.308 e. The van der Waals surface area contributed by atoms with Crippen molar-refractivity contribution in [2.75, 3.05) is 0 Å². The number of ether oxygens (including phenoxy) is 1. The quantitative estimate of drug-likeness (QED) is 0.794. The van der Waals surface area contributed by atoms with Crippen molar-refractivity contribution in [2.24, 2.45) is 5.92 Å². The summed E-state index contributed by atoms with van der Waals surface area (Å²) in [6, 6.07) is 5.68. The van der Waals surface area contributed by atoms with Crippen molar-refractivity contribution in [1.29, 1.82) is 0 Å². The van der Waals surface area contributed by atoms with Crippen LogP contribution in [0.4, 0.5) is 4.39 Å². The average Bonchev–Trinajstić information content (AvgIpc) is 2.85. The zero-order valence-electron chi connectivity index (χ0n) is 10.6. The van der Waals surface area contributed by atoms with Crippen LogP contribution in [0.2, 0.25) is 0 Å². The van der Waals surface area contributed by atoms with Gasteiger partial charge in [0.15, 0.2) is 6.61 Å². The number of benzene rings is 1. The Morgan fingerprint density at radius 1 is 1.37 bits per heavy atom. The van der Waals surface area contributed by atoms with Crippen molar-refractivity contribution in [3.63, 3.8) is 0 Å². The average molecular weight is 264 g/mol. The van der Waals surface area contributed by atoms with E-state index in [0.29, 0.717) is 5.56 Å². The molecule has 1 heterocycles. The summed E-state index contributed by atoms with van der Waals surface area (Å²) < 4.78 is 22.8. The van der Waals surface area contributed by atoms with Crippen LogP contribution in [0.1, 0.15) is 19.7 Å². The summed E-state index contributed by atoms with van der Waals surface area (Å²) in [5, 5.41) is 3.69. The number of nitrogens with zero attached hydrogens (tertiary/aromatic N) is 2. The summed E-state index contributed by atoms with van der Waals surface area (Å²) >= 11 is 0. The van der Waals surface area contributed by atoms with Crippen molar-refractivity contribution in [2.45, 2.75) is 20.5 Å². The molecule has 0 saturated carbocycles. The Morgan fingerprint density at radius 2 is 2.05 bits per heavy atom. The molecule has 100 valence electrons. The van der Waals surface area contributed by atoms with Gasteiger partial charge in [0.1, 0.15) is 5.82 Å². The van der Waals surface area contributed by atoms with E-state index in [2.05, 4.69) is 10.1 Å². The second kappa shape index (κ2) is 5.60. The van der Waals surface area contributed by atoms with Crippen molar-refractivity contribution in [3.05, 3.63) is 35.9 Å². The summed E-state index contributed by atoms with van der Waals surface area (Å²) in [5.41, 5.74) is 0.607. The Hall–Kier alpha value is -2.24. The minimum absolute atomic E-state index is 0.0400. The predicted octanol–water partition coefficient (Wildman–Crippen LogP) is 2.57. The van der Waals surface area contributed by atoms with Gasteiger partial charge in [-0.15, -0.1) is 0 Å². The minimum Gasteiger partial charge on any atom is -0.457 e. The number of carbonyl (C=O) groups is 1. The Kier molecular flexibility index (Phi) is 3.89. The maximum Gasteiger partial charge on any atom is 0.308 e. The highest BCUT2D eigenvalue weighted by atomic mass is 19.1. The first-order valence-electron chi connectivity index (χ1n) is 5.81. The van der Waals surface area contributed by atoms with Gasteiger partial charge in [0, 0.05) is 5.56 Å². The molecule has 0 bridgehead atoms. The highest BCUT2D eigenvalue weighted by molar-refractivity contribution is 5.71. The fourth-order valence-corrected chi connectivity index (χ4v) is 1.32. The summed E-state index contributed by atoms with van der Waals surface area (Å²) in [4.78, 5) is 15.3. The maximum absolute atomic E-state index is 12.8. The molecule has 5 nitrogen and oxygen atoms in total. The van der Waals surface area contributed by atoms with E-state index in [9.17, 15) is 9.18 Å².